The Kier molecular flexibility index (Phi) is 7.09. The molecule has 3 aromatic carbocycles. The van der Waals surface area contributed by atoms with Gasteiger partial charge in [-0.3, -0.25) is 4.79 Å². The number of anilines is 1. The zero-order chi connectivity index (χ0) is 25.8. The highest BCUT2D eigenvalue weighted by Crippen LogP contribution is 2.43. The van der Waals surface area contributed by atoms with Gasteiger partial charge < -0.3 is 20.1 Å². The summed E-state index contributed by atoms with van der Waals surface area (Å²) in [5.74, 6) is -0.327. The third-order valence-corrected chi connectivity index (χ3v) is 6.95. The van der Waals surface area contributed by atoms with Gasteiger partial charge in [0.2, 0.25) is 0 Å². The molecule has 8 heteroatoms. The third-order valence-electron chi connectivity index (χ3n) is 6.00. The highest BCUT2D eigenvalue weighted by Gasteiger charge is 2.38. The van der Waals surface area contributed by atoms with Gasteiger partial charge in [-0.15, -0.1) is 0 Å². The van der Waals surface area contributed by atoms with Crippen LogP contribution in [0.4, 0.5) is 5.82 Å². The van der Waals surface area contributed by atoms with E-state index in [4.69, 9.17) is 9.72 Å². The smallest absolute Gasteiger partial charge is 0.337 e. The van der Waals surface area contributed by atoms with Crippen molar-refractivity contribution in [2.24, 2.45) is 0 Å². The predicted molar refractivity (Wildman–Crippen MR) is 144 cm³/mol. The predicted octanol–water partition coefficient (Wildman–Crippen LogP) is 5.30. The maximum absolute atomic E-state index is 13.5. The molecule has 1 unspecified atom stereocenters. The van der Waals surface area contributed by atoms with Crippen LogP contribution in [0.3, 0.4) is 0 Å². The second-order valence-corrected chi connectivity index (χ2v) is 9.40. The summed E-state index contributed by atoms with van der Waals surface area (Å²) in [6, 6.07) is 25.9. The number of hydrogen-bond donors (Lipinski definition) is 3. The molecule has 0 amide bonds. The number of phenolic OH excluding ortho intramolecular Hbond substituents is 1. The number of rotatable bonds is 7. The lowest BCUT2D eigenvalue weighted by molar-refractivity contribution is -0.138. The van der Waals surface area contributed by atoms with Crippen molar-refractivity contribution < 1.29 is 14.6 Å². The number of aromatic amines is 1. The molecule has 1 aliphatic rings. The number of phenols is 1. The van der Waals surface area contributed by atoms with Crippen LogP contribution in [0.5, 0.6) is 5.75 Å². The summed E-state index contributed by atoms with van der Waals surface area (Å²) in [6.07, 6.45) is 0. The quantitative estimate of drug-likeness (QED) is 0.176. The molecule has 0 saturated carbocycles. The first-order valence-corrected chi connectivity index (χ1v) is 12.9. The number of aromatic hydroxyl groups is 1. The fraction of sp³-hybridized carbons (Fsp3) is 0.138. The normalized spacial score (nSPS) is 14.6. The Morgan fingerprint density at radius 2 is 1.76 bits per heavy atom. The van der Waals surface area contributed by atoms with Crippen molar-refractivity contribution in [2.45, 2.75) is 23.8 Å². The van der Waals surface area contributed by atoms with E-state index in [1.54, 1.807) is 31.2 Å². The van der Waals surface area contributed by atoms with Gasteiger partial charge >= 0.3 is 5.97 Å². The monoisotopic (exact) mass is 511 g/mol. The van der Waals surface area contributed by atoms with Crippen molar-refractivity contribution in [1.82, 2.24) is 9.97 Å². The molecular formula is C29H25N3O4S. The van der Waals surface area contributed by atoms with Crippen molar-refractivity contribution in [2.75, 3.05) is 11.9 Å². The van der Waals surface area contributed by atoms with Gasteiger partial charge in [0, 0.05) is 5.75 Å². The van der Waals surface area contributed by atoms with Crippen LogP contribution in [0.25, 0.3) is 5.70 Å². The van der Waals surface area contributed by atoms with Crippen LogP contribution in [-0.2, 0) is 15.3 Å². The second kappa shape index (κ2) is 10.8. The first-order chi connectivity index (χ1) is 18.0. The number of esters is 1. The Morgan fingerprint density at radius 3 is 2.46 bits per heavy atom. The molecular weight excluding hydrogens is 486 g/mol. The SMILES string of the molecule is CCOC(=O)C1=C(c2ccccc2)Nc2nc(SCc3ccccc3)[nH]c(=O)c2C1c1cccc(O)c1. The lowest BCUT2D eigenvalue weighted by atomic mass is 9.81. The van der Waals surface area contributed by atoms with Gasteiger partial charge in [0.1, 0.15) is 11.6 Å². The number of nitrogens with zero attached hydrogens (tertiary/aromatic N) is 1. The van der Waals surface area contributed by atoms with E-state index in [0.29, 0.717) is 28.0 Å². The second-order valence-electron chi connectivity index (χ2n) is 8.44. The molecule has 3 N–H and O–H groups in total. The Hall–Kier alpha value is -4.30. The highest BCUT2D eigenvalue weighted by molar-refractivity contribution is 7.98. The molecule has 2 heterocycles. The molecule has 0 saturated heterocycles. The van der Waals surface area contributed by atoms with Gasteiger partial charge in [-0.25, -0.2) is 9.78 Å². The third kappa shape index (κ3) is 5.15. The summed E-state index contributed by atoms with van der Waals surface area (Å²) in [5.41, 5.74) is 3.15. The number of carbonyl (C=O) groups is 1. The van der Waals surface area contributed by atoms with Crippen LogP contribution in [-0.4, -0.2) is 27.7 Å². The van der Waals surface area contributed by atoms with E-state index < -0.39 is 11.9 Å². The lowest BCUT2D eigenvalue weighted by Gasteiger charge is -2.30. The van der Waals surface area contributed by atoms with Crippen LogP contribution in [0.1, 0.15) is 35.1 Å². The number of H-pyrrole nitrogens is 1. The molecule has 7 nitrogen and oxygen atoms in total. The van der Waals surface area contributed by atoms with Gasteiger partial charge in [-0.1, -0.05) is 84.6 Å². The summed E-state index contributed by atoms with van der Waals surface area (Å²) in [6.45, 7) is 1.91. The first kappa shape index (κ1) is 24.4. The molecule has 4 aromatic rings. The van der Waals surface area contributed by atoms with Crippen LogP contribution >= 0.6 is 11.8 Å². The summed E-state index contributed by atoms with van der Waals surface area (Å²) in [4.78, 5) is 34.6. The molecule has 0 radical (unpaired) electrons. The summed E-state index contributed by atoms with van der Waals surface area (Å²) >= 11 is 1.42. The fourth-order valence-corrected chi connectivity index (χ4v) is 5.21. The standard InChI is InChI=1S/C29H25N3O4S/c1-2-36-28(35)23-22(20-14-9-15-21(33)16-20)24-26(30-25(23)19-12-7-4-8-13-19)31-29(32-27(24)34)37-17-18-10-5-3-6-11-18/h3-16,22,33H,2,17H2,1H3,(H2,30,31,32,34). The van der Waals surface area contributed by atoms with E-state index in [2.05, 4.69) is 10.3 Å². The number of ether oxygens (including phenoxy) is 1. The molecule has 5 rings (SSSR count). The molecule has 37 heavy (non-hydrogen) atoms. The number of thioether (sulfide) groups is 1. The van der Waals surface area contributed by atoms with Crippen LogP contribution in [0.2, 0.25) is 0 Å². The molecule has 0 spiro atoms. The Balaban J connectivity index is 1.68. The lowest BCUT2D eigenvalue weighted by Crippen LogP contribution is -2.31. The van der Waals surface area contributed by atoms with Crippen LogP contribution in [0.15, 0.2) is 100 Å². The number of benzene rings is 3. The maximum Gasteiger partial charge on any atom is 0.337 e. The van der Waals surface area contributed by atoms with Gasteiger partial charge in [0.15, 0.2) is 5.16 Å². The highest BCUT2D eigenvalue weighted by atomic mass is 32.2. The van der Waals surface area contributed by atoms with E-state index in [1.807, 2.05) is 60.7 Å². The Morgan fingerprint density at radius 1 is 1.03 bits per heavy atom. The molecule has 186 valence electrons. The number of nitrogens with one attached hydrogen (secondary N) is 2. The van der Waals surface area contributed by atoms with Gasteiger partial charge in [-0.2, -0.15) is 0 Å². The molecule has 0 fully saturated rings. The van der Waals surface area contributed by atoms with Gasteiger partial charge in [0.25, 0.3) is 5.56 Å². The average molecular weight is 512 g/mol. The number of fused-ring (bicyclic) bond motifs is 1. The molecule has 0 aliphatic carbocycles. The van der Waals surface area contributed by atoms with Crippen molar-refractivity contribution in [3.8, 4) is 5.75 Å². The molecule has 1 aromatic heterocycles. The van der Waals surface area contributed by atoms with E-state index >= 15 is 0 Å². The largest absolute Gasteiger partial charge is 0.508 e. The molecule has 1 atom stereocenters. The van der Waals surface area contributed by atoms with Gasteiger partial charge in [-0.05, 0) is 35.7 Å². The molecule has 1 aliphatic heterocycles. The van der Waals surface area contributed by atoms with Crippen molar-refractivity contribution >= 4 is 29.2 Å². The van der Waals surface area contributed by atoms with Gasteiger partial charge in [0.05, 0.1) is 29.4 Å². The summed E-state index contributed by atoms with van der Waals surface area (Å²) in [5, 5.41) is 14.0. The maximum atomic E-state index is 13.5. The summed E-state index contributed by atoms with van der Waals surface area (Å²) < 4.78 is 5.45. The number of carbonyl (C=O) groups excluding carboxylic acids is 1. The minimum atomic E-state index is -0.804. The van der Waals surface area contributed by atoms with E-state index in [9.17, 15) is 14.7 Å². The van der Waals surface area contributed by atoms with E-state index in [1.165, 1.54) is 11.8 Å². The van der Waals surface area contributed by atoms with E-state index in [-0.39, 0.29) is 29.1 Å². The first-order valence-electron chi connectivity index (χ1n) is 11.9. The number of aromatic nitrogens is 2. The van der Waals surface area contributed by atoms with Crippen molar-refractivity contribution in [3.05, 3.63) is 123 Å². The van der Waals surface area contributed by atoms with E-state index in [0.717, 1.165) is 11.1 Å². The zero-order valence-electron chi connectivity index (χ0n) is 20.1. The fourth-order valence-electron chi connectivity index (χ4n) is 4.39. The minimum absolute atomic E-state index is 0.0291. The van der Waals surface area contributed by atoms with Crippen LogP contribution in [0, 0.1) is 0 Å². The Labute approximate surface area is 218 Å². The van der Waals surface area contributed by atoms with Crippen molar-refractivity contribution in [1.29, 1.82) is 0 Å². The average Bonchev–Trinajstić information content (AvgIpc) is 2.92. The Bertz CT molecular complexity index is 1520. The zero-order valence-corrected chi connectivity index (χ0v) is 20.9. The number of hydrogen-bond acceptors (Lipinski definition) is 7. The topological polar surface area (TPSA) is 104 Å². The molecule has 0 bridgehead atoms. The summed E-state index contributed by atoms with van der Waals surface area (Å²) in [7, 11) is 0. The van der Waals surface area contributed by atoms with Crippen LogP contribution < -0.4 is 10.9 Å². The van der Waals surface area contributed by atoms with Crippen molar-refractivity contribution in [3.63, 3.8) is 0 Å². The minimum Gasteiger partial charge on any atom is -0.508 e.